The minimum absolute atomic E-state index is 0.0619. The van der Waals surface area contributed by atoms with Gasteiger partial charge in [-0.1, -0.05) is 18.2 Å². The standard InChI is InChI=1S/C25H23F5N6O3S/c1-34(13-14-7-6-10-36(14)40(38,39)15-8-4-3-5-9-15)24-31-12-17-21(33-35(2)23(17)32-24)16-11-18(25(28,29)30)20(27)22(37)19(16)26/h3-5,8-9,11-12,14,37H,6-7,10,13H2,1-2H3. The average molecular weight is 583 g/mol. The Morgan fingerprint density at radius 1 is 1.15 bits per heavy atom. The summed E-state index contributed by atoms with van der Waals surface area (Å²) >= 11 is 0. The molecule has 0 amide bonds. The van der Waals surface area contributed by atoms with Crippen LogP contribution in [-0.4, -0.2) is 63.8 Å². The number of aromatic hydroxyl groups is 1. The van der Waals surface area contributed by atoms with Crippen LogP contribution in [0.1, 0.15) is 18.4 Å². The molecule has 0 aliphatic carbocycles. The summed E-state index contributed by atoms with van der Waals surface area (Å²) in [6.45, 7) is 0.606. The van der Waals surface area contributed by atoms with E-state index in [9.17, 15) is 35.5 Å². The number of phenols is 1. The lowest BCUT2D eigenvalue weighted by atomic mass is 10.0. The Morgan fingerprint density at radius 2 is 1.85 bits per heavy atom. The number of rotatable bonds is 6. The summed E-state index contributed by atoms with van der Waals surface area (Å²) in [7, 11) is -0.626. The second kappa shape index (κ2) is 9.96. The van der Waals surface area contributed by atoms with Gasteiger partial charge >= 0.3 is 6.18 Å². The number of anilines is 1. The van der Waals surface area contributed by atoms with Crippen LogP contribution in [0.2, 0.25) is 0 Å². The van der Waals surface area contributed by atoms with Crippen LogP contribution in [0.25, 0.3) is 22.3 Å². The molecule has 1 saturated heterocycles. The SMILES string of the molecule is CN(CC1CCCN1S(=O)(=O)c1ccccc1)c1ncc2c(-c3cc(C(F)(F)F)c(F)c(O)c3F)nn(C)c2n1. The number of hydrogen-bond donors (Lipinski definition) is 1. The van der Waals surface area contributed by atoms with Gasteiger partial charge in [-0.05, 0) is 31.0 Å². The maximum absolute atomic E-state index is 14.7. The summed E-state index contributed by atoms with van der Waals surface area (Å²) in [4.78, 5) is 10.5. The van der Waals surface area contributed by atoms with Crippen molar-refractivity contribution < 1.29 is 35.5 Å². The molecule has 1 fully saturated rings. The van der Waals surface area contributed by atoms with Crippen LogP contribution in [-0.2, 0) is 23.2 Å². The Kier molecular flexibility index (Phi) is 6.90. The van der Waals surface area contributed by atoms with Crippen molar-refractivity contribution in [3.63, 3.8) is 0 Å². The number of fused-ring (bicyclic) bond motifs is 1. The van der Waals surface area contributed by atoms with Gasteiger partial charge in [0.15, 0.2) is 23.0 Å². The number of halogens is 5. The second-order valence-corrected chi connectivity index (χ2v) is 11.3. The van der Waals surface area contributed by atoms with Gasteiger partial charge in [0.05, 0.1) is 15.8 Å². The van der Waals surface area contributed by atoms with Crippen LogP contribution >= 0.6 is 0 Å². The van der Waals surface area contributed by atoms with Crippen LogP contribution in [0.5, 0.6) is 5.75 Å². The maximum atomic E-state index is 14.7. The first-order valence-electron chi connectivity index (χ1n) is 12.1. The smallest absolute Gasteiger partial charge is 0.419 e. The third-order valence-corrected chi connectivity index (χ3v) is 8.77. The molecule has 1 N–H and O–H groups in total. The first-order chi connectivity index (χ1) is 18.8. The minimum Gasteiger partial charge on any atom is -0.503 e. The molecule has 1 unspecified atom stereocenters. The molecule has 212 valence electrons. The molecular weight excluding hydrogens is 559 g/mol. The van der Waals surface area contributed by atoms with E-state index in [1.165, 1.54) is 34.4 Å². The molecule has 3 heterocycles. The zero-order chi connectivity index (χ0) is 29.0. The molecule has 4 aromatic rings. The van der Waals surface area contributed by atoms with Crippen LogP contribution in [0.3, 0.4) is 0 Å². The highest BCUT2D eigenvalue weighted by atomic mass is 32.2. The summed E-state index contributed by atoms with van der Waals surface area (Å²) in [5.74, 6) is -5.33. The van der Waals surface area contributed by atoms with Crippen molar-refractivity contribution in [2.75, 3.05) is 25.0 Å². The molecule has 0 saturated carbocycles. The fourth-order valence-corrected chi connectivity index (χ4v) is 6.55. The van der Waals surface area contributed by atoms with E-state index in [4.69, 9.17) is 0 Å². The van der Waals surface area contributed by atoms with Gasteiger partial charge in [0.25, 0.3) is 0 Å². The first-order valence-corrected chi connectivity index (χ1v) is 13.5. The highest BCUT2D eigenvalue weighted by Crippen LogP contribution is 2.41. The Balaban J connectivity index is 1.46. The monoisotopic (exact) mass is 582 g/mol. The van der Waals surface area contributed by atoms with Gasteiger partial charge in [0.1, 0.15) is 5.69 Å². The predicted molar refractivity (Wildman–Crippen MR) is 135 cm³/mol. The van der Waals surface area contributed by atoms with Gasteiger partial charge in [-0.2, -0.15) is 27.6 Å². The van der Waals surface area contributed by atoms with Crippen molar-refractivity contribution in [2.24, 2.45) is 7.05 Å². The van der Waals surface area contributed by atoms with E-state index in [2.05, 4.69) is 15.1 Å². The van der Waals surface area contributed by atoms with E-state index in [0.717, 1.165) is 0 Å². The zero-order valence-electron chi connectivity index (χ0n) is 21.2. The zero-order valence-corrected chi connectivity index (χ0v) is 22.0. The Labute approximate surface area is 225 Å². The highest BCUT2D eigenvalue weighted by Gasteiger charge is 2.39. The maximum Gasteiger partial charge on any atom is 0.419 e. The molecule has 2 aromatic heterocycles. The lowest BCUT2D eigenvalue weighted by Gasteiger charge is -2.28. The largest absolute Gasteiger partial charge is 0.503 e. The molecule has 1 aliphatic heterocycles. The summed E-state index contributed by atoms with van der Waals surface area (Å²) in [5.41, 5.74) is -2.80. The Morgan fingerprint density at radius 3 is 2.52 bits per heavy atom. The van der Waals surface area contributed by atoms with E-state index in [1.54, 1.807) is 30.1 Å². The van der Waals surface area contributed by atoms with Gasteiger partial charge in [-0.15, -0.1) is 0 Å². The van der Waals surface area contributed by atoms with Crippen molar-refractivity contribution in [2.45, 2.75) is 30.0 Å². The van der Waals surface area contributed by atoms with Gasteiger partial charge < -0.3 is 10.0 Å². The van der Waals surface area contributed by atoms with Crippen LogP contribution in [0, 0.1) is 11.6 Å². The summed E-state index contributed by atoms with van der Waals surface area (Å²) in [6.07, 6.45) is -2.67. The predicted octanol–water partition coefficient (Wildman–Crippen LogP) is 4.32. The molecule has 9 nitrogen and oxygen atoms in total. The fourth-order valence-electron chi connectivity index (χ4n) is 4.85. The highest BCUT2D eigenvalue weighted by molar-refractivity contribution is 7.89. The third kappa shape index (κ3) is 4.72. The number of benzene rings is 2. The van der Waals surface area contributed by atoms with Gasteiger partial charge in [-0.3, -0.25) is 0 Å². The number of nitrogens with zero attached hydrogens (tertiary/aromatic N) is 6. The van der Waals surface area contributed by atoms with Gasteiger partial charge in [0.2, 0.25) is 16.0 Å². The van der Waals surface area contributed by atoms with E-state index in [1.807, 2.05) is 0 Å². The third-order valence-electron chi connectivity index (χ3n) is 6.80. The van der Waals surface area contributed by atoms with Crippen LogP contribution in [0.4, 0.5) is 27.9 Å². The molecule has 5 rings (SSSR count). The average Bonchev–Trinajstić information content (AvgIpc) is 3.51. The molecule has 40 heavy (non-hydrogen) atoms. The van der Waals surface area contributed by atoms with Gasteiger partial charge in [0, 0.05) is 45.0 Å². The molecular formula is C25H23F5N6O3S. The Hall–Kier alpha value is -3.85. The number of likely N-dealkylation sites (N-methyl/N-ethyl adjacent to an activating group) is 1. The van der Waals surface area contributed by atoms with Crippen molar-refractivity contribution in [3.8, 4) is 17.0 Å². The van der Waals surface area contributed by atoms with Crippen LogP contribution < -0.4 is 4.90 Å². The molecule has 0 bridgehead atoms. The lowest BCUT2D eigenvalue weighted by molar-refractivity contribution is -0.140. The van der Waals surface area contributed by atoms with Crippen molar-refractivity contribution in [3.05, 3.63) is 59.8 Å². The number of aryl methyl sites for hydroxylation is 1. The van der Waals surface area contributed by atoms with Gasteiger partial charge in [-0.25, -0.2) is 26.9 Å². The van der Waals surface area contributed by atoms with Crippen LogP contribution in [0.15, 0.2) is 47.5 Å². The summed E-state index contributed by atoms with van der Waals surface area (Å²) in [5, 5.41) is 13.8. The molecule has 2 aromatic carbocycles. The number of aromatic nitrogens is 4. The second-order valence-electron chi connectivity index (χ2n) is 9.43. The number of alkyl halides is 3. The van der Waals surface area contributed by atoms with E-state index < -0.39 is 44.7 Å². The normalized spacial score (nSPS) is 16.6. The van der Waals surface area contributed by atoms with Crippen molar-refractivity contribution in [1.29, 1.82) is 0 Å². The Bertz CT molecular complexity index is 1700. The number of hydrogen-bond acceptors (Lipinski definition) is 7. The first kappa shape index (κ1) is 27.7. The fraction of sp³-hybridized carbons (Fsp3) is 0.320. The lowest BCUT2D eigenvalue weighted by Crippen LogP contribution is -2.42. The summed E-state index contributed by atoms with van der Waals surface area (Å²) < 4.78 is 97.7. The number of sulfonamides is 1. The summed E-state index contributed by atoms with van der Waals surface area (Å²) in [6, 6.07) is 7.98. The quantitative estimate of drug-likeness (QED) is 0.338. The van der Waals surface area contributed by atoms with Crippen molar-refractivity contribution in [1.82, 2.24) is 24.1 Å². The molecule has 1 aliphatic rings. The number of phenolic OH excluding ortho intramolecular Hbond substituents is 1. The van der Waals surface area contributed by atoms with E-state index in [0.29, 0.717) is 19.4 Å². The molecule has 15 heteroatoms. The minimum atomic E-state index is -5.19. The van der Waals surface area contributed by atoms with Crippen molar-refractivity contribution >= 4 is 27.0 Å². The van der Waals surface area contributed by atoms with E-state index >= 15 is 0 Å². The molecule has 0 radical (unpaired) electrons. The molecule has 0 spiro atoms. The molecule has 1 atom stereocenters. The topological polar surface area (TPSA) is 104 Å². The van der Waals surface area contributed by atoms with E-state index in [-0.39, 0.29) is 46.2 Å².